The van der Waals surface area contributed by atoms with Gasteiger partial charge < -0.3 is 11.1 Å². The Bertz CT molecular complexity index is 530. The third kappa shape index (κ3) is 3.52. The number of nitrogens with two attached hydrogens (primary N) is 1. The second-order valence-corrected chi connectivity index (χ2v) is 7.57. The lowest BCUT2D eigenvalue weighted by Gasteiger charge is -2.17. The van der Waals surface area contributed by atoms with Gasteiger partial charge in [-0.15, -0.1) is 0 Å². The zero-order valence-corrected chi connectivity index (χ0v) is 13.0. The molecule has 0 aliphatic heterocycles. The maximum Gasteiger partial charge on any atom is 0.239 e. The molecule has 0 radical (unpaired) electrons. The lowest BCUT2D eigenvalue weighted by atomic mass is 10.2. The number of carbonyl (C=O) groups is 1. The van der Waals surface area contributed by atoms with Crippen molar-refractivity contribution in [1.29, 1.82) is 0 Å². The summed E-state index contributed by atoms with van der Waals surface area (Å²) in [6, 6.07) is 4.89. The number of rotatable bonds is 4. The standard InChI is InChI=1S/C14H19ClN2O2S/c1-9(20(19)11-4-2-3-5-11)14(18)17-13-7-6-10(15)8-12(13)16/h6-9,11H,2-5,16H2,1H3,(H,17,18). The molecule has 2 atom stereocenters. The van der Waals surface area contributed by atoms with E-state index in [1.54, 1.807) is 25.1 Å². The van der Waals surface area contributed by atoms with Crippen LogP contribution in [0, 0.1) is 0 Å². The molecule has 1 fully saturated rings. The minimum absolute atomic E-state index is 0.151. The molecule has 6 heteroatoms. The zero-order valence-electron chi connectivity index (χ0n) is 11.4. The van der Waals surface area contributed by atoms with E-state index in [0.717, 1.165) is 25.7 Å². The molecule has 1 aliphatic carbocycles. The first-order valence-electron chi connectivity index (χ1n) is 6.74. The lowest BCUT2D eigenvalue weighted by Crippen LogP contribution is -2.33. The van der Waals surface area contributed by atoms with Crippen molar-refractivity contribution >= 4 is 39.7 Å². The Morgan fingerprint density at radius 1 is 1.45 bits per heavy atom. The first kappa shape index (κ1) is 15.3. The Hall–Kier alpha value is -1.07. The van der Waals surface area contributed by atoms with Crippen LogP contribution in [0.5, 0.6) is 0 Å². The Labute approximate surface area is 126 Å². The molecule has 1 saturated carbocycles. The predicted molar refractivity (Wildman–Crippen MR) is 84.4 cm³/mol. The molecule has 1 amide bonds. The van der Waals surface area contributed by atoms with Crippen LogP contribution in [0.1, 0.15) is 32.6 Å². The maximum absolute atomic E-state index is 12.3. The fraction of sp³-hybridized carbons (Fsp3) is 0.500. The van der Waals surface area contributed by atoms with Crippen LogP contribution in [0.3, 0.4) is 0 Å². The van der Waals surface area contributed by atoms with Crippen LogP contribution in [-0.4, -0.2) is 20.6 Å². The van der Waals surface area contributed by atoms with Gasteiger partial charge in [-0.25, -0.2) is 0 Å². The Morgan fingerprint density at radius 2 is 2.10 bits per heavy atom. The molecule has 20 heavy (non-hydrogen) atoms. The molecule has 1 aromatic rings. The zero-order chi connectivity index (χ0) is 14.7. The van der Waals surface area contributed by atoms with Crippen LogP contribution in [-0.2, 0) is 15.6 Å². The van der Waals surface area contributed by atoms with E-state index in [0.29, 0.717) is 16.4 Å². The molecule has 3 N–H and O–H groups in total. The number of hydrogen-bond acceptors (Lipinski definition) is 3. The number of hydrogen-bond donors (Lipinski definition) is 2. The quantitative estimate of drug-likeness (QED) is 0.839. The van der Waals surface area contributed by atoms with Crippen molar-refractivity contribution in [3.05, 3.63) is 23.2 Å². The van der Waals surface area contributed by atoms with Crippen molar-refractivity contribution in [2.75, 3.05) is 11.1 Å². The predicted octanol–water partition coefficient (Wildman–Crippen LogP) is 2.94. The van der Waals surface area contributed by atoms with E-state index in [4.69, 9.17) is 17.3 Å². The second-order valence-electron chi connectivity index (χ2n) is 5.10. The van der Waals surface area contributed by atoms with Gasteiger partial charge in [0.1, 0.15) is 5.25 Å². The topological polar surface area (TPSA) is 72.2 Å². The highest BCUT2D eigenvalue weighted by Gasteiger charge is 2.29. The van der Waals surface area contributed by atoms with Gasteiger partial charge in [0.15, 0.2) is 0 Å². The molecule has 0 spiro atoms. The van der Waals surface area contributed by atoms with E-state index in [-0.39, 0.29) is 11.2 Å². The highest BCUT2D eigenvalue weighted by atomic mass is 35.5. The van der Waals surface area contributed by atoms with Gasteiger partial charge in [-0.05, 0) is 38.0 Å². The van der Waals surface area contributed by atoms with Gasteiger partial charge in [0, 0.05) is 21.1 Å². The number of nitrogen functional groups attached to an aromatic ring is 1. The first-order valence-corrected chi connectivity index (χ1v) is 8.39. The highest BCUT2D eigenvalue weighted by Crippen LogP contribution is 2.26. The molecular formula is C14H19ClN2O2S. The van der Waals surface area contributed by atoms with Crippen LogP contribution >= 0.6 is 11.6 Å². The number of anilines is 2. The molecule has 1 aliphatic rings. The molecule has 110 valence electrons. The summed E-state index contributed by atoms with van der Waals surface area (Å²) in [4.78, 5) is 12.2. The summed E-state index contributed by atoms with van der Waals surface area (Å²) >= 11 is 5.81. The lowest BCUT2D eigenvalue weighted by molar-refractivity contribution is -0.115. The van der Waals surface area contributed by atoms with Crippen LogP contribution < -0.4 is 11.1 Å². The average molecular weight is 315 g/mol. The monoisotopic (exact) mass is 314 g/mol. The molecule has 0 heterocycles. The largest absolute Gasteiger partial charge is 0.397 e. The molecule has 2 rings (SSSR count). The summed E-state index contributed by atoms with van der Waals surface area (Å²) in [6.45, 7) is 1.70. The SMILES string of the molecule is CC(C(=O)Nc1ccc(Cl)cc1N)S(=O)C1CCCC1. The third-order valence-electron chi connectivity index (χ3n) is 3.62. The minimum Gasteiger partial charge on any atom is -0.397 e. The van der Waals surface area contributed by atoms with Gasteiger partial charge in [-0.3, -0.25) is 9.00 Å². The Balaban J connectivity index is 2.01. The smallest absolute Gasteiger partial charge is 0.239 e. The number of benzene rings is 1. The molecule has 0 saturated heterocycles. The fourth-order valence-electron chi connectivity index (χ4n) is 2.40. The van der Waals surface area contributed by atoms with Crippen molar-refractivity contribution in [3.8, 4) is 0 Å². The second kappa shape index (κ2) is 6.59. The number of nitrogens with one attached hydrogen (secondary N) is 1. The number of carbonyl (C=O) groups excluding carboxylic acids is 1. The molecule has 1 aromatic carbocycles. The van der Waals surface area contributed by atoms with E-state index < -0.39 is 16.0 Å². The molecule has 0 bridgehead atoms. The maximum atomic E-state index is 12.3. The molecular weight excluding hydrogens is 296 g/mol. The van der Waals surface area contributed by atoms with Crippen molar-refractivity contribution in [2.24, 2.45) is 0 Å². The first-order chi connectivity index (χ1) is 9.49. The van der Waals surface area contributed by atoms with Gasteiger partial charge in [0.25, 0.3) is 0 Å². The molecule has 2 unspecified atom stereocenters. The van der Waals surface area contributed by atoms with Crippen LogP contribution in [0.2, 0.25) is 5.02 Å². The summed E-state index contributed by atoms with van der Waals surface area (Å²) in [5.41, 5.74) is 6.71. The summed E-state index contributed by atoms with van der Waals surface area (Å²) in [6.07, 6.45) is 4.12. The van der Waals surface area contributed by atoms with E-state index in [2.05, 4.69) is 5.32 Å². The summed E-state index contributed by atoms with van der Waals surface area (Å²) in [5.74, 6) is -0.260. The van der Waals surface area contributed by atoms with Crippen LogP contribution in [0.25, 0.3) is 0 Å². The summed E-state index contributed by atoms with van der Waals surface area (Å²) < 4.78 is 12.3. The van der Waals surface area contributed by atoms with Crippen molar-refractivity contribution in [2.45, 2.75) is 43.1 Å². The van der Waals surface area contributed by atoms with Gasteiger partial charge in [-0.1, -0.05) is 24.4 Å². The van der Waals surface area contributed by atoms with Gasteiger partial charge in [0.2, 0.25) is 5.91 Å². The van der Waals surface area contributed by atoms with Crippen molar-refractivity contribution in [3.63, 3.8) is 0 Å². The average Bonchev–Trinajstić information content (AvgIpc) is 2.94. The van der Waals surface area contributed by atoms with E-state index in [9.17, 15) is 9.00 Å². The normalized spacial score (nSPS) is 18.7. The van der Waals surface area contributed by atoms with Crippen LogP contribution in [0.15, 0.2) is 18.2 Å². The number of amides is 1. The van der Waals surface area contributed by atoms with E-state index in [1.165, 1.54) is 0 Å². The molecule has 4 nitrogen and oxygen atoms in total. The Kier molecular flexibility index (Phi) is 5.05. The minimum atomic E-state index is -1.13. The van der Waals surface area contributed by atoms with E-state index >= 15 is 0 Å². The fourth-order valence-corrected chi connectivity index (χ4v) is 4.22. The van der Waals surface area contributed by atoms with Gasteiger partial charge >= 0.3 is 0 Å². The summed E-state index contributed by atoms with van der Waals surface area (Å²) in [5, 5.41) is 2.86. The van der Waals surface area contributed by atoms with Crippen molar-refractivity contribution in [1.82, 2.24) is 0 Å². The molecule has 0 aromatic heterocycles. The Morgan fingerprint density at radius 3 is 2.70 bits per heavy atom. The van der Waals surface area contributed by atoms with Crippen LogP contribution in [0.4, 0.5) is 11.4 Å². The van der Waals surface area contributed by atoms with Crippen molar-refractivity contribution < 1.29 is 9.00 Å². The van der Waals surface area contributed by atoms with Gasteiger partial charge in [0.05, 0.1) is 11.4 Å². The van der Waals surface area contributed by atoms with E-state index in [1.807, 2.05) is 0 Å². The third-order valence-corrected chi connectivity index (χ3v) is 5.89. The number of halogens is 1. The summed E-state index contributed by atoms with van der Waals surface area (Å²) in [7, 11) is -1.13. The highest BCUT2D eigenvalue weighted by molar-refractivity contribution is 7.87. The van der Waals surface area contributed by atoms with Gasteiger partial charge in [-0.2, -0.15) is 0 Å².